The van der Waals surface area contributed by atoms with Gasteiger partial charge in [-0.15, -0.1) is 12.4 Å². The third-order valence-corrected chi connectivity index (χ3v) is 3.52. The van der Waals surface area contributed by atoms with Gasteiger partial charge < -0.3 is 20.3 Å². The van der Waals surface area contributed by atoms with Crippen molar-refractivity contribution in [3.05, 3.63) is 30.1 Å². The molecule has 0 atom stereocenters. The monoisotopic (exact) mass is 345 g/mol. The van der Waals surface area contributed by atoms with Gasteiger partial charge in [-0.05, 0) is 24.3 Å². The van der Waals surface area contributed by atoms with E-state index >= 15 is 0 Å². The van der Waals surface area contributed by atoms with Crippen molar-refractivity contribution in [2.45, 2.75) is 6.42 Å². The van der Waals surface area contributed by atoms with Crippen LogP contribution in [0.1, 0.15) is 6.42 Å². The molecule has 1 heterocycles. The van der Waals surface area contributed by atoms with E-state index in [0.717, 1.165) is 0 Å². The van der Waals surface area contributed by atoms with Gasteiger partial charge in [-0.2, -0.15) is 0 Å². The molecule has 0 radical (unpaired) electrons. The first kappa shape index (κ1) is 19.2. The van der Waals surface area contributed by atoms with Crippen molar-refractivity contribution in [2.24, 2.45) is 5.73 Å². The van der Waals surface area contributed by atoms with Gasteiger partial charge in [0.05, 0.1) is 0 Å². The van der Waals surface area contributed by atoms with E-state index in [-0.39, 0.29) is 36.6 Å². The Labute approximate surface area is 140 Å². The van der Waals surface area contributed by atoms with E-state index < -0.39 is 0 Å². The summed E-state index contributed by atoms with van der Waals surface area (Å²) in [6.45, 7) is 2.25. The predicted molar refractivity (Wildman–Crippen MR) is 86.0 cm³/mol. The summed E-state index contributed by atoms with van der Waals surface area (Å²) >= 11 is 0. The van der Waals surface area contributed by atoms with Crippen molar-refractivity contribution in [1.82, 2.24) is 9.80 Å². The van der Waals surface area contributed by atoms with Crippen LogP contribution in [0, 0.1) is 5.82 Å². The Morgan fingerprint density at radius 1 is 1.04 bits per heavy atom. The Bertz CT molecular complexity index is 519. The van der Waals surface area contributed by atoms with Crippen LogP contribution in [0.4, 0.5) is 4.39 Å². The molecule has 1 fully saturated rings. The van der Waals surface area contributed by atoms with Crippen LogP contribution >= 0.6 is 12.4 Å². The molecule has 1 aliphatic rings. The second kappa shape index (κ2) is 9.32. The molecule has 0 spiro atoms. The first-order valence-corrected chi connectivity index (χ1v) is 7.24. The molecule has 23 heavy (non-hydrogen) atoms. The average Bonchev–Trinajstić information content (AvgIpc) is 2.54. The fourth-order valence-corrected chi connectivity index (χ4v) is 2.25. The fraction of sp³-hybridized carbons (Fsp3) is 0.467. The highest BCUT2D eigenvalue weighted by molar-refractivity contribution is 5.85. The Morgan fingerprint density at radius 3 is 2.09 bits per heavy atom. The second-order valence-electron chi connectivity index (χ2n) is 5.04. The van der Waals surface area contributed by atoms with Crippen molar-refractivity contribution in [3.8, 4) is 5.75 Å². The molecule has 1 saturated heterocycles. The predicted octanol–water partition coefficient (Wildman–Crippen LogP) is 0.646. The third-order valence-electron chi connectivity index (χ3n) is 3.52. The van der Waals surface area contributed by atoms with Crippen molar-refractivity contribution in [1.29, 1.82) is 0 Å². The molecule has 0 bridgehead atoms. The number of ether oxygens (including phenoxy) is 1. The van der Waals surface area contributed by atoms with E-state index in [1.54, 1.807) is 9.80 Å². The fourth-order valence-electron chi connectivity index (χ4n) is 2.25. The Balaban J connectivity index is 0.00000264. The third kappa shape index (κ3) is 5.69. The summed E-state index contributed by atoms with van der Waals surface area (Å²) < 4.78 is 18.1. The highest BCUT2D eigenvalue weighted by Gasteiger charge is 2.23. The molecule has 0 aliphatic carbocycles. The zero-order valence-electron chi connectivity index (χ0n) is 12.7. The highest BCUT2D eigenvalue weighted by Crippen LogP contribution is 2.11. The van der Waals surface area contributed by atoms with E-state index in [1.165, 1.54) is 24.3 Å². The standard InChI is InChI=1S/C15H20FN3O3.ClH/c16-12-1-3-13(4-2-12)22-11-15(21)19-9-7-18(8-10-19)14(20)5-6-17;/h1-4H,5-11,17H2;1H. The van der Waals surface area contributed by atoms with Gasteiger partial charge in [-0.1, -0.05) is 0 Å². The van der Waals surface area contributed by atoms with Gasteiger partial charge >= 0.3 is 0 Å². The summed E-state index contributed by atoms with van der Waals surface area (Å²) in [6, 6.07) is 5.52. The van der Waals surface area contributed by atoms with Crippen LogP contribution in [0.3, 0.4) is 0 Å². The largest absolute Gasteiger partial charge is 0.484 e. The molecule has 6 nitrogen and oxygen atoms in total. The zero-order chi connectivity index (χ0) is 15.9. The lowest BCUT2D eigenvalue weighted by atomic mass is 10.2. The zero-order valence-corrected chi connectivity index (χ0v) is 13.6. The van der Waals surface area contributed by atoms with Crippen LogP contribution in [0.5, 0.6) is 5.75 Å². The van der Waals surface area contributed by atoms with Gasteiger partial charge in [-0.3, -0.25) is 9.59 Å². The van der Waals surface area contributed by atoms with Crippen LogP contribution in [0.15, 0.2) is 24.3 Å². The normalized spacial score (nSPS) is 14.2. The van der Waals surface area contributed by atoms with Crippen molar-refractivity contribution >= 4 is 24.2 Å². The molecule has 2 N–H and O–H groups in total. The van der Waals surface area contributed by atoms with E-state index in [9.17, 15) is 14.0 Å². The molecule has 1 aromatic rings. The molecule has 2 rings (SSSR count). The minimum atomic E-state index is -0.350. The number of halogens is 2. The molecular formula is C15H21ClFN3O3. The molecule has 0 aromatic heterocycles. The van der Waals surface area contributed by atoms with Crippen LogP contribution < -0.4 is 10.5 Å². The van der Waals surface area contributed by atoms with Gasteiger partial charge in [0, 0.05) is 39.1 Å². The first-order chi connectivity index (χ1) is 10.6. The summed E-state index contributed by atoms with van der Waals surface area (Å²) in [6.07, 6.45) is 0.335. The summed E-state index contributed by atoms with van der Waals surface area (Å²) in [5.41, 5.74) is 5.36. The van der Waals surface area contributed by atoms with Crippen LogP contribution in [0.2, 0.25) is 0 Å². The average molecular weight is 346 g/mol. The number of benzene rings is 1. The van der Waals surface area contributed by atoms with Gasteiger partial charge in [0.2, 0.25) is 5.91 Å². The van der Waals surface area contributed by atoms with Gasteiger partial charge in [-0.25, -0.2) is 4.39 Å². The molecule has 0 unspecified atom stereocenters. The lowest BCUT2D eigenvalue weighted by Gasteiger charge is -2.34. The SMILES string of the molecule is Cl.NCCC(=O)N1CCN(C(=O)COc2ccc(F)cc2)CC1. The van der Waals surface area contributed by atoms with E-state index in [0.29, 0.717) is 44.9 Å². The number of nitrogens with zero attached hydrogens (tertiary/aromatic N) is 2. The molecule has 0 saturated carbocycles. The van der Waals surface area contributed by atoms with E-state index in [1.807, 2.05) is 0 Å². The number of nitrogens with two attached hydrogens (primary N) is 1. The number of carbonyl (C=O) groups is 2. The number of hydrogen-bond acceptors (Lipinski definition) is 4. The summed E-state index contributed by atoms with van der Waals surface area (Å²) in [5, 5.41) is 0. The number of rotatable bonds is 5. The Kier molecular flexibility index (Phi) is 7.77. The Hall–Kier alpha value is -1.86. The molecule has 1 aromatic carbocycles. The van der Waals surface area contributed by atoms with Crippen molar-refractivity contribution in [2.75, 3.05) is 39.3 Å². The van der Waals surface area contributed by atoms with Crippen LogP contribution in [-0.2, 0) is 9.59 Å². The quantitative estimate of drug-likeness (QED) is 0.850. The van der Waals surface area contributed by atoms with Gasteiger partial charge in [0.1, 0.15) is 11.6 Å². The van der Waals surface area contributed by atoms with Gasteiger partial charge in [0.25, 0.3) is 5.91 Å². The lowest BCUT2D eigenvalue weighted by Crippen LogP contribution is -2.51. The molecule has 8 heteroatoms. The van der Waals surface area contributed by atoms with Crippen LogP contribution in [-0.4, -0.2) is 60.9 Å². The van der Waals surface area contributed by atoms with E-state index in [4.69, 9.17) is 10.5 Å². The van der Waals surface area contributed by atoms with Crippen LogP contribution in [0.25, 0.3) is 0 Å². The van der Waals surface area contributed by atoms with Crippen molar-refractivity contribution < 1.29 is 18.7 Å². The van der Waals surface area contributed by atoms with E-state index in [2.05, 4.69) is 0 Å². The summed E-state index contributed by atoms with van der Waals surface area (Å²) in [7, 11) is 0. The maximum atomic E-state index is 12.8. The van der Waals surface area contributed by atoms with Crippen molar-refractivity contribution in [3.63, 3.8) is 0 Å². The molecular weight excluding hydrogens is 325 g/mol. The topological polar surface area (TPSA) is 75.9 Å². The minimum absolute atomic E-state index is 0. The number of carbonyl (C=O) groups excluding carboxylic acids is 2. The summed E-state index contributed by atoms with van der Waals surface area (Å²) in [5.74, 6) is -0.0177. The minimum Gasteiger partial charge on any atom is -0.484 e. The number of piperazine rings is 1. The number of amides is 2. The maximum absolute atomic E-state index is 12.8. The maximum Gasteiger partial charge on any atom is 0.260 e. The molecule has 1 aliphatic heterocycles. The smallest absolute Gasteiger partial charge is 0.260 e. The first-order valence-electron chi connectivity index (χ1n) is 7.24. The van der Waals surface area contributed by atoms with Gasteiger partial charge in [0.15, 0.2) is 6.61 Å². The molecule has 2 amide bonds. The Morgan fingerprint density at radius 2 is 1.57 bits per heavy atom. The lowest BCUT2D eigenvalue weighted by molar-refractivity contribution is -0.140. The second-order valence-corrected chi connectivity index (χ2v) is 5.04. The highest BCUT2D eigenvalue weighted by atomic mass is 35.5. The molecule has 128 valence electrons. The number of hydrogen-bond donors (Lipinski definition) is 1. The summed E-state index contributed by atoms with van der Waals surface area (Å²) in [4.78, 5) is 27.1.